The van der Waals surface area contributed by atoms with E-state index in [4.69, 9.17) is 14.5 Å². The Balaban J connectivity index is 1.50. The lowest BCUT2D eigenvalue weighted by molar-refractivity contribution is -0.0503. The first-order valence-electron chi connectivity index (χ1n) is 10.6. The number of anilines is 2. The maximum Gasteiger partial charge on any atom is 0.490 e. The van der Waals surface area contributed by atoms with Crippen molar-refractivity contribution < 1.29 is 61.4 Å². The third-order valence-corrected chi connectivity index (χ3v) is 8.98. The van der Waals surface area contributed by atoms with Gasteiger partial charge in [-0.25, -0.2) is 18.7 Å². The Morgan fingerprint density at radius 1 is 1.05 bits per heavy atom. The highest BCUT2D eigenvalue weighted by Gasteiger charge is 2.47. The molecule has 0 aliphatic carbocycles. The summed E-state index contributed by atoms with van der Waals surface area (Å²) in [7, 11) is -16.8. The van der Waals surface area contributed by atoms with E-state index in [2.05, 4.69) is 33.4 Å². The molecular weight excluding hydrogens is 591 g/mol. The van der Waals surface area contributed by atoms with Crippen LogP contribution in [-0.4, -0.2) is 74.2 Å². The van der Waals surface area contributed by atoms with Gasteiger partial charge < -0.3 is 39.8 Å². The van der Waals surface area contributed by atoms with E-state index in [1.54, 1.807) is 12.1 Å². The first-order chi connectivity index (χ1) is 18.0. The number of aryl methyl sites for hydroxylation is 1. The lowest BCUT2D eigenvalue weighted by Crippen LogP contribution is -2.33. The maximum absolute atomic E-state index is 12.5. The van der Waals surface area contributed by atoms with E-state index < -0.39 is 60.2 Å². The Labute approximate surface area is 217 Å². The highest BCUT2D eigenvalue weighted by atomic mass is 31.3. The van der Waals surface area contributed by atoms with Crippen LogP contribution in [0.2, 0.25) is 0 Å². The molecule has 0 bridgehead atoms. The van der Waals surface area contributed by atoms with Gasteiger partial charge in [-0.3, -0.25) is 18.9 Å². The number of benzene rings is 1. The van der Waals surface area contributed by atoms with Crippen LogP contribution in [0.4, 0.5) is 11.6 Å². The molecule has 0 amide bonds. The van der Waals surface area contributed by atoms with Crippen molar-refractivity contribution in [3.05, 3.63) is 46.5 Å². The number of aromatic nitrogens is 4. The zero-order chi connectivity index (χ0) is 28.8. The molecule has 8 N–H and O–H groups in total. The van der Waals surface area contributed by atoms with Gasteiger partial charge in [0.05, 0.1) is 12.9 Å². The third kappa shape index (κ3) is 7.25. The van der Waals surface area contributed by atoms with Gasteiger partial charge in [-0.2, -0.15) is 13.6 Å². The molecule has 0 radical (unpaired) electrons. The number of fused-ring (bicyclic) bond motifs is 1. The number of phosphoric ester groups is 1. The van der Waals surface area contributed by atoms with Crippen molar-refractivity contribution in [3.8, 4) is 0 Å². The third-order valence-electron chi connectivity index (χ3n) is 5.18. The van der Waals surface area contributed by atoms with E-state index in [9.17, 15) is 38.5 Å². The molecule has 6 atom stereocenters. The molecule has 3 heterocycles. The molecule has 1 aliphatic rings. The van der Waals surface area contributed by atoms with Gasteiger partial charge in [0.2, 0.25) is 5.95 Å². The normalized spacial score (nSPS) is 24.9. The number of aromatic amines is 1. The van der Waals surface area contributed by atoms with Crippen LogP contribution in [0.3, 0.4) is 0 Å². The number of aliphatic hydroxyl groups is 2. The monoisotopic (exact) mass is 613 g/mol. The fourth-order valence-electron chi connectivity index (χ4n) is 3.51. The molecule has 3 aromatic rings. The average molecular weight is 613 g/mol. The van der Waals surface area contributed by atoms with Crippen LogP contribution in [0.5, 0.6) is 0 Å². The van der Waals surface area contributed by atoms with Gasteiger partial charge in [0.25, 0.3) is 5.56 Å². The summed E-state index contributed by atoms with van der Waals surface area (Å²) < 4.78 is 52.5. The number of nitrogens with zero attached hydrogens (tertiary/aromatic N) is 3. The van der Waals surface area contributed by atoms with Crippen molar-refractivity contribution in [1.82, 2.24) is 19.5 Å². The zero-order valence-electron chi connectivity index (χ0n) is 19.5. The summed E-state index contributed by atoms with van der Waals surface area (Å²) in [6, 6.07) is 7.16. The van der Waals surface area contributed by atoms with Crippen LogP contribution in [0.15, 0.2) is 35.4 Å². The Morgan fingerprint density at radius 3 is 2.36 bits per heavy atom. The largest absolute Gasteiger partial charge is 0.490 e. The van der Waals surface area contributed by atoms with Gasteiger partial charge in [-0.05, 0) is 19.1 Å². The second kappa shape index (κ2) is 10.9. The molecule has 0 spiro atoms. The molecule has 19 nitrogen and oxygen atoms in total. The number of rotatable bonds is 10. The number of aliphatic hydroxyl groups excluding tert-OH is 2. The topological polar surface area (TPSA) is 285 Å². The molecule has 22 heteroatoms. The Morgan fingerprint density at radius 2 is 1.72 bits per heavy atom. The molecule has 1 fully saturated rings. The molecule has 214 valence electrons. The molecule has 0 saturated carbocycles. The number of hydrogen-bond acceptors (Lipinski definition) is 13. The first kappa shape index (κ1) is 29.6. The molecule has 39 heavy (non-hydrogen) atoms. The fraction of sp³-hybridized carbons (Fsp3) is 0.353. The smallest absolute Gasteiger partial charge is 0.387 e. The number of ether oxygens (including phenoxy) is 1. The molecule has 2 aromatic heterocycles. The lowest BCUT2D eigenvalue weighted by Gasteiger charge is -2.19. The van der Waals surface area contributed by atoms with Crippen LogP contribution in [0.25, 0.3) is 11.2 Å². The minimum Gasteiger partial charge on any atom is -0.387 e. The van der Waals surface area contributed by atoms with E-state index in [0.717, 1.165) is 16.5 Å². The summed E-state index contributed by atoms with van der Waals surface area (Å²) in [5, 5.41) is 23.8. The van der Waals surface area contributed by atoms with Crippen molar-refractivity contribution in [2.24, 2.45) is 0 Å². The summed E-state index contributed by atoms with van der Waals surface area (Å²) in [5.74, 6) is 0.0235. The Bertz CT molecular complexity index is 1550. The molecular formula is C17H22N5O14P3. The highest BCUT2D eigenvalue weighted by Crippen LogP contribution is 2.66. The van der Waals surface area contributed by atoms with Crippen LogP contribution in [0.1, 0.15) is 11.8 Å². The first-order valence-corrected chi connectivity index (χ1v) is 15.2. The minimum atomic E-state index is -5.75. The van der Waals surface area contributed by atoms with Crippen molar-refractivity contribution in [3.63, 3.8) is 0 Å². The number of hydrogen-bond donors (Lipinski definition) is 8. The SMILES string of the molecule is Cc1ccc(Nc2nc3c(ncn3[C@@H]3O[C@H](COP(=O)(O)OP(=O)(O)OP(=O)(O)O)[C@@H](O)[C@H]3O)c(=O)[nH]2)cc1. The lowest BCUT2D eigenvalue weighted by atomic mass is 10.1. The zero-order valence-corrected chi connectivity index (χ0v) is 22.2. The second-order valence-electron chi connectivity index (χ2n) is 8.16. The van der Waals surface area contributed by atoms with Crippen molar-refractivity contribution in [2.45, 2.75) is 31.5 Å². The average Bonchev–Trinajstić information content (AvgIpc) is 3.33. The predicted octanol–water partition coefficient (Wildman–Crippen LogP) is 0.134. The summed E-state index contributed by atoms with van der Waals surface area (Å²) in [6.45, 7) is 0.881. The van der Waals surface area contributed by atoms with Gasteiger partial charge in [0.1, 0.15) is 18.3 Å². The van der Waals surface area contributed by atoms with Crippen LogP contribution >= 0.6 is 23.5 Å². The molecule has 2 unspecified atom stereocenters. The van der Waals surface area contributed by atoms with Gasteiger partial charge >= 0.3 is 23.5 Å². The maximum atomic E-state index is 12.5. The summed E-state index contributed by atoms with van der Waals surface area (Å²) in [4.78, 5) is 59.3. The quantitative estimate of drug-likeness (QED) is 0.141. The van der Waals surface area contributed by atoms with E-state index in [1.165, 1.54) is 0 Å². The van der Waals surface area contributed by atoms with Crippen LogP contribution in [0, 0.1) is 6.92 Å². The van der Waals surface area contributed by atoms with Crippen LogP contribution in [-0.2, 0) is 31.6 Å². The Kier molecular flexibility index (Phi) is 8.29. The Hall–Kier alpha value is -2.34. The number of H-pyrrole nitrogens is 1. The number of nitrogens with one attached hydrogen (secondary N) is 2. The summed E-state index contributed by atoms with van der Waals surface area (Å²) in [5.41, 5.74) is 0.785. The molecule has 4 rings (SSSR count). The van der Waals surface area contributed by atoms with Crippen molar-refractivity contribution in [1.29, 1.82) is 0 Å². The van der Waals surface area contributed by atoms with E-state index in [1.807, 2.05) is 19.1 Å². The van der Waals surface area contributed by atoms with Gasteiger partial charge in [-0.1, -0.05) is 17.7 Å². The highest BCUT2D eigenvalue weighted by molar-refractivity contribution is 7.66. The van der Waals surface area contributed by atoms with Gasteiger partial charge in [-0.15, -0.1) is 0 Å². The van der Waals surface area contributed by atoms with Crippen molar-refractivity contribution in [2.75, 3.05) is 11.9 Å². The number of phosphoric acid groups is 3. The second-order valence-corrected chi connectivity index (χ2v) is 12.6. The predicted molar refractivity (Wildman–Crippen MR) is 128 cm³/mol. The minimum absolute atomic E-state index is 0.0235. The molecule has 1 saturated heterocycles. The summed E-state index contributed by atoms with van der Waals surface area (Å²) in [6.07, 6.45) is -5.33. The fourth-order valence-corrected chi connectivity index (χ4v) is 6.54. The van der Waals surface area contributed by atoms with Crippen LogP contribution < -0.4 is 10.9 Å². The van der Waals surface area contributed by atoms with E-state index in [-0.39, 0.29) is 17.1 Å². The standard InChI is InChI=1S/C17H22N5O14P3/c1-8-2-4-9(5-3-8)19-17-20-14-11(15(25)21-17)18-7-22(14)16-13(24)12(23)10(34-16)6-33-38(29,30)36-39(31,32)35-37(26,27)28/h2-5,7,10,12-13,16,23-24H,6H2,1H3,(H,29,30)(H,31,32)(H2,26,27,28)(H2,19,20,21,25)/t10-,12-,13-,16-/m1/s1. The summed E-state index contributed by atoms with van der Waals surface area (Å²) >= 11 is 0. The van der Waals surface area contributed by atoms with Gasteiger partial charge in [0.15, 0.2) is 17.4 Å². The van der Waals surface area contributed by atoms with E-state index >= 15 is 0 Å². The number of imidazole rings is 1. The van der Waals surface area contributed by atoms with Crippen molar-refractivity contribution >= 4 is 46.3 Å². The molecule has 1 aliphatic heterocycles. The molecule has 1 aromatic carbocycles. The van der Waals surface area contributed by atoms with Gasteiger partial charge in [0, 0.05) is 5.69 Å². The van der Waals surface area contributed by atoms with E-state index in [0.29, 0.717) is 5.69 Å².